The van der Waals surface area contributed by atoms with E-state index in [2.05, 4.69) is 70.9 Å². The molecular weight excluding hydrogens is 360 g/mol. The molecule has 4 heteroatoms. The third-order valence-electron chi connectivity index (χ3n) is 6.31. The van der Waals surface area contributed by atoms with Crippen molar-refractivity contribution in [1.82, 2.24) is 10.2 Å². The van der Waals surface area contributed by atoms with Crippen LogP contribution in [-0.2, 0) is 9.53 Å². The van der Waals surface area contributed by atoms with Crippen molar-refractivity contribution in [2.75, 3.05) is 26.3 Å². The second-order valence-corrected chi connectivity index (χ2v) is 8.36. The smallest absolute Gasteiger partial charge is 0.220 e. The number of carbonyl (C=O) groups is 1. The number of piperidine rings is 1. The number of hydrogen-bond donors (Lipinski definition) is 1. The maximum absolute atomic E-state index is 12.5. The number of amides is 1. The van der Waals surface area contributed by atoms with Crippen LogP contribution >= 0.6 is 0 Å². The third kappa shape index (κ3) is 5.46. The number of nitrogens with one attached hydrogen (secondary N) is 1. The topological polar surface area (TPSA) is 41.6 Å². The highest BCUT2D eigenvalue weighted by molar-refractivity contribution is 5.76. The first-order valence-corrected chi connectivity index (χ1v) is 11.0. The molecule has 4 nitrogen and oxygen atoms in total. The van der Waals surface area contributed by atoms with Gasteiger partial charge >= 0.3 is 0 Å². The Balaban J connectivity index is 1.35. The molecule has 0 spiro atoms. The van der Waals surface area contributed by atoms with E-state index in [1.807, 2.05) is 0 Å². The van der Waals surface area contributed by atoms with Gasteiger partial charge in [0.05, 0.1) is 6.04 Å². The predicted octanol–water partition coefficient (Wildman–Crippen LogP) is 4.17. The molecule has 2 aromatic rings. The van der Waals surface area contributed by atoms with Crippen LogP contribution in [0, 0.1) is 5.92 Å². The van der Waals surface area contributed by atoms with Gasteiger partial charge in [0.15, 0.2) is 0 Å². The van der Waals surface area contributed by atoms with E-state index >= 15 is 0 Å². The fraction of sp³-hybridized carbons (Fsp3) is 0.480. The van der Waals surface area contributed by atoms with Gasteiger partial charge < -0.3 is 10.1 Å². The molecule has 2 fully saturated rings. The number of likely N-dealkylation sites (tertiary alicyclic amines) is 1. The van der Waals surface area contributed by atoms with Gasteiger partial charge in [0.2, 0.25) is 5.91 Å². The summed E-state index contributed by atoms with van der Waals surface area (Å²) in [6, 6.07) is 22.1. The van der Waals surface area contributed by atoms with Crippen LogP contribution in [0.15, 0.2) is 60.7 Å². The molecular formula is C25H32N2O2. The number of nitrogens with zero attached hydrogens (tertiary/aromatic N) is 1. The molecule has 2 saturated heterocycles. The number of rotatable bonds is 6. The van der Waals surface area contributed by atoms with E-state index in [0.717, 1.165) is 52.0 Å². The van der Waals surface area contributed by atoms with E-state index in [9.17, 15) is 4.79 Å². The van der Waals surface area contributed by atoms with Crippen molar-refractivity contribution in [2.45, 2.75) is 44.2 Å². The molecule has 0 unspecified atom stereocenters. The lowest BCUT2D eigenvalue weighted by Crippen LogP contribution is -2.41. The second-order valence-electron chi connectivity index (χ2n) is 8.36. The van der Waals surface area contributed by atoms with Crippen LogP contribution in [0.3, 0.4) is 0 Å². The number of hydrogen-bond acceptors (Lipinski definition) is 3. The summed E-state index contributed by atoms with van der Waals surface area (Å²) in [6.45, 7) is 3.60. The number of ether oxygens (including phenoxy) is 1. The summed E-state index contributed by atoms with van der Waals surface area (Å²) in [7, 11) is 0. The molecule has 0 bridgehead atoms. The van der Waals surface area contributed by atoms with Crippen LogP contribution in [0.1, 0.15) is 49.3 Å². The minimum Gasteiger partial charge on any atom is -0.381 e. The average Bonchev–Trinajstić information content (AvgIpc) is 2.77. The predicted molar refractivity (Wildman–Crippen MR) is 116 cm³/mol. The van der Waals surface area contributed by atoms with Gasteiger partial charge in [-0.15, -0.1) is 0 Å². The highest BCUT2D eigenvalue weighted by atomic mass is 16.5. The molecule has 0 saturated carbocycles. The summed E-state index contributed by atoms with van der Waals surface area (Å²) >= 11 is 0. The SMILES string of the molecule is O=C(CC1CCN(C(c2ccccc2)c2ccccc2)CC1)NC1CCOCC1. The zero-order chi connectivity index (χ0) is 19.9. The molecule has 2 heterocycles. The van der Waals surface area contributed by atoms with Crippen LogP contribution in [0.5, 0.6) is 0 Å². The van der Waals surface area contributed by atoms with E-state index in [0.29, 0.717) is 18.4 Å². The normalized spacial score (nSPS) is 19.3. The Bertz CT molecular complexity index is 711. The van der Waals surface area contributed by atoms with Gasteiger partial charge in [0.25, 0.3) is 0 Å². The van der Waals surface area contributed by atoms with E-state index in [1.54, 1.807) is 0 Å². The summed E-state index contributed by atoms with van der Waals surface area (Å²) < 4.78 is 5.38. The van der Waals surface area contributed by atoms with E-state index < -0.39 is 0 Å². The van der Waals surface area contributed by atoms with Crippen LogP contribution < -0.4 is 5.32 Å². The van der Waals surface area contributed by atoms with Crippen molar-refractivity contribution in [3.05, 3.63) is 71.8 Å². The van der Waals surface area contributed by atoms with Crippen molar-refractivity contribution >= 4 is 5.91 Å². The molecule has 0 aliphatic carbocycles. The Kier molecular flexibility index (Phi) is 6.96. The van der Waals surface area contributed by atoms with Gasteiger partial charge in [0, 0.05) is 25.7 Å². The van der Waals surface area contributed by atoms with Gasteiger partial charge in [-0.05, 0) is 55.8 Å². The van der Waals surface area contributed by atoms with Crippen molar-refractivity contribution in [2.24, 2.45) is 5.92 Å². The standard InChI is InChI=1S/C25H32N2O2/c28-24(26-23-13-17-29-18-14-23)19-20-11-15-27(16-12-20)25(21-7-3-1-4-8-21)22-9-5-2-6-10-22/h1-10,20,23,25H,11-19H2,(H,26,28). The van der Waals surface area contributed by atoms with Gasteiger partial charge in [-0.25, -0.2) is 0 Å². The Hall–Kier alpha value is -2.17. The van der Waals surface area contributed by atoms with Gasteiger partial charge in [-0.1, -0.05) is 60.7 Å². The van der Waals surface area contributed by atoms with E-state index in [4.69, 9.17) is 4.74 Å². The zero-order valence-electron chi connectivity index (χ0n) is 17.1. The summed E-state index contributed by atoms with van der Waals surface area (Å²) in [5.74, 6) is 0.705. The van der Waals surface area contributed by atoms with Crippen molar-refractivity contribution in [1.29, 1.82) is 0 Å². The third-order valence-corrected chi connectivity index (χ3v) is 6.31. The van der Waals surface area contributed by atoms with Crippen LogP contribution in [-0.4, -0.2) is 43.2 Å². The van der Waals surface area contributed by atoms with Crippen molar-refractivity contribution < 1.29 is 9.53 Å². The summed E-state index contributed by atoms with van der Waals surface area (Å²) in [6.07, 6.45) is 4.71. The first kappa shape index (κ1) is 20.1. The van der Waals surface area contributed by atoms with Crippen LogP contribution in [0.25, 0.3) is 0 Å². The highest BCUT2D eigenvalue weighted by Gasteiger charge is 2.28. The Labute approximate surface area is 174 Å². The maximum Gasteiger partial charge on any atom is 0.220 e. The average molecular weight is 393 g/mol. The van der Waals surface area contributed by atoms with Gasteiger partial charge in [0.1, 0.15) is 0 Å². The van der Waals surface area contributed by atoms with Crippen molar-refractivity contribution in [3.8, 4) is 0 Å². The molecule has 154 valence electrons. The summed E-state index contributed by atoms with van der Waals surface area (Å²) in [5.41, 5.74) is 2.68. The highest BCUT2D eigenvalue weighted by Crippen LogP contribution is 2.33. The maximum atomic E-state index is 12.5. The minimum absolute atomic E-state index is 0.220. The fourth-order valence-corrected chi connectivity index (χ4v) is 4.69. The first-order valence-electron chi connectivity index (χ1n) is 11.0. The molecule has 0 atom stereocenters. The molecule has 29 heavy (non-hydrogen) atoms. The molecule has 1 amide bonds. The van der Waals surface area contributed by atoms with Crippen LogP contribution in [0.2, 0.25) is 0 Å². The van der Waals surface area contributed by atoms with Crippen molar-refractivity contribution in [3.63, 3.8) is 0 Å². The lowest BCUT2D eigenvalue weighted by Gasteiger charge is -2.38. The van der Waals surface area contributed by atoms with Crippen LogP contribution in [0.4, 0.5) is 0 Å². The molecule has 4 rings (SSSR count). The molecule has 1 N–H and O–H groups in total. The molecule has 0 radical (unpaired) electrons. The molecule has 2 aliphatic rings. The quantitative estimate of drug-likeness (QED) is 0.802. The molecule has 2 aromatic carbocycles. The summed E-state index contributed by atoms with van der Waals surface area (Å²) in [5, 5.41) is 3.22. The number of carbonyl (C=O) groups excluding carboxylic acids is 1. The van der Waals surface area contributed by atoms with E-state index in [-0.39, 0.29) is 11.9 Å². The van der Waals surface area contributed by atoms with E-state index in [1.165, 1.54) is 11.1 Å². The molecule has 2 aliphatic heterocycles. The van der Waals surface area contributed by atoms with Gasteiger partial charge in [-0.2, -0.15) is 0 Å². The first-order chi connectivity index (χ1) is 14.3. The lowest BCUT2D eigenvalue weighted by molar-refractivity contribution is -0.123. The number of benzene rings is 2. The lowest BCUT2D eigenvalue weighted by atomic mass is 9.89. The Morgan fingerprint density at radius 3 is 2.00 bits per heavy atom. The Morgan fingerprint density at radius 1 is 0.897 bits per heavy atom. The molecule has 0 aromatic heterocycles. The zero-order valence-corrected chi connectivity index (χ0v) is 17.1. The summed E-state index contributed by atoms with van der Waals surface area (Å²) in [4.78, 5) is 15.1. The minimum atomic E-state index is 0.220. The monoisotopic (exact) mass is 392 g/mol. The fourth-order valence-electron chi connectivity index (χ4n) is 4.69. The Morgan fingerprint density at radius 2 is 1.45 bits per heavy atom. The largest absolute Gasteiger partial charge is 0.381 e. The van der Waals surface area contributed by atoms with Gasteiger partial charge in [-0.3, -0.25) is 9.69 Å². The second kappa shape index (κ2) is 10.0.